The van der Waals surface area contributed by atoms with Gasteiger partial charge in [0.05, 0.1) is 6.61 Å². The van der Waals surface area contributed by atoms with Crippen LogP contribution >= 0.6 is 0 Å². The fourth-order valence-corrected chi connectivity index (χ4v) is 3.28. The number of hydrogen-bond donors (Lipinski definition) is 2. The van der Waals surface area contributed by atoms with Crippen molar-refractivity contribution in [1.82, 2.24) is 0 Å². The zero-order valence-electron chi connectivity index (χ0n) is 10.7. The molecular weight excluding hydrogens is 216 g/mol. The number of rotatable bonds is 3. The van der Waals surface area contributed by atoms with Crippen molar-refractivity contribution in [2.75, 3.05) is 19.7 Å². The highest BCUT2D eigenvalue weighted by Crippen LogP contribution is 2.32. The standard InChI is InChI=1S/C13H26N2O2/c1-2-8-15(16)9-10-17-12(13(15)14)11-6-4-3-5-7-11/h11-13,16H,1-10,14H2/q+1/t12?,13-,15-/m0/s1. The van der Waals surface area contributed by atoms with Gasteiger partial charge in [0.1, 0.15) is 19.2 Å². The molecule has 1 aliphatic carbocycles. The number of nitrogens with two attached hydrogens (primary N) is 1. The third-order valence-corrected chi connectivity index (χ3v) is 4.34. The SMILES string of the molecule is [CH2]CC[N@+]1(O)CCOC(C2CCCCC2)[C@H]1N. The minimum absolute atomic E-state index is 0.0283. The summed E-state index contributed by atoms with van der Waals surface area (Å²) in [5.74, 6) is 0.536. The summed E-state index contributed by atoms with van der Waals surface area (Å²) in [5, 5.41) is 10.5. The smallest absolute Gasteiger partial charge is 0.197 e. The number of morpholine rings is 1. The Morgan fingerprint density at radius 2 is 2.00 bits per heavy atom. The molecule has 0 aromatic rings. The maximum atomic E-state index is 10.5. The lowest BCUT2D eigenvalue weighted by atomic mass is 9.83. The van der Waals surface area contributed by atoms with Crippen LogP contribution in [-0.4, -0.2) is 41.8 Å². The average molecular weight is 242 g/mol. The van der Waals surface area contributed by atoms with Gasteiger partial charge in [-0.2, -0.15) is 4.65 Å². The van der Waals surface area contributed by atoms with E-state index in [9.17, 15) is 5.21 Å². The first-order chi connectivity index (χ1) is 8.17. The van der Waals surface area contributed by atoms with Crippen molar-refractivity contribution in [3.05, 3.63) is 6.92 Å². The Bertz CT molecular complexity index is 240. The van der Waals surface area contributed by atoms with Crippen LogP contribution in [0.1, 0.15) is 38.5 Å². The van der Waals surface area contributed by atoms with Crippen LogP contribution in [0.5, 0.6) is 0 Å². The Balaban J connectivity index is 2.01. The molecule has 1 saturated carbocycles. The van der Waals surface area contributed by atoms with E-state index in [0.717, 1.165) is 0 Å². The summed E-state index contributed by atoms with van der Waals surface area (Å²) < 4.78 is 5.80. The molecule has 4 nitrogen and oxygen atoms in total. The van der Waals surface area contributed by atoms with Crippen LogP contribution in [0, 0.1) is 12.8 Å². The van der Waals surface area contributed by atoms with Gasteiger partial charge in [-0.3, -0.25) is 5.73 Å². The molecule has 2 aliphatic rings. The fraction of sp³-hybridized carbons (Fsp3) is 0.923. The first-order valence-electron chi connectivity index (χ1n) is 6.93. The molecule has 0 amide bonds. The van der Waals surface area contributed by atoms with Crippen LogP contribution in [-0.2, 0) is 4.74 Å². The highest BCUT2D eigenvalue weighted by molar-refractivity contribution is 4.80. The van der Waals surface area contributed by atoms with Gasteiger partial charge in [0.25, 0.3) is 0 Å². The summed E-state index contributed by atoms with van der Waals surface area (Å²) in [6, 6.07) is 0. The lowest BCUT2D eigenvalue weighted by Crippen LogP contribution is -2.68. The first-order valence-corrected chi connectivity index (χ1v) is 6.93. The molecule has 0 spiro atoms. The van der Waals surface area contributed by atoms with Gasteiger partial charge in [-0.25, -0.2) is 5.21 Å². The van der Waals surface area contributed by atoms with Gasteiger partial charge in [-0.1, -0.05) is 19.3 Å². The van der Waals surface area contributed by atoms with Gasteiger partial charge in [0, 0.05) is 0 Å². The molecule has 0 bridgehead atoms. The largest absolute Gasteiger partial charge is 0.364 e. The molecule has 0 aromatic heterocycles. The zero-order chi connectivity index (χ0) is 12.3. The Hall–Kier alpha value is -0.160. The summed E-state index contributed by atoms with van der Waals surface area (Å²) in [5.41, 5.74) is 6.24. The van der Waals surface area contributed by atoms with Gasteiger partial charge in [-0.05, 0) is 32.1 Å². The summed E-state index contributed by atoms with van der Waals surface area (Å²) in [7, 11) is 0. The van der Waals surface area contributed by atoms with Crippen molar-refractivity contribution in [2.24, 2.45) is 11.7 Å². The van der Waals surface area contributed by atoms with E-state index in [2.05, 4.69) is 6.92 Å². The molecule has 1 radical (unpaired) electrons. The quantitative estimate of drug-likeness (QED) is 0.740. The molecule has 99 valence electrons. The van der Waals surface area contributed by atoms with E-state index in [1.54, 1.807) is 0 Å². The van der Waals surface area contributed by atoms with Crippen molar-refractivity contribution in [1.29, 1.82) is 0 Å². The van der Waals surface area contributed by atoms with Gasteiger partial charge in [0.2, 0.25) is 0 Å². The molecule has 1 saturated heterocycles. The predicted octanol–water partition coefficient (Wildman–Crippen LogP) is 1.68. The number of nitrogens with zero attached hydrogens (tertiary/aromatic N) is 1. The van der Waals surface area contributed by atoms with Crippen molar-refractivity contribution in [3.8, 4) is 0 Å². The van der Waals surface area contributed by atoms with E-state index < -0.39 is 0 Å². The monoisotopic (exact) mass is 242 g/mol. The maximum absolute atomic E-state index is 10.5. The van der Waals surface area contributed by atoms with E-state index in [0.29, 0.717) is 32.0 Å². The Labute approximate surface area is 104 Å². The van der Waals surface area contributed by atoms with E-state index in [-0.39, 0.29) is 16.9 Å². The summed E-state index contributed by atoms with van der Waals surface area (Å²) >= 11 is 0. The van der Waals surface area contributed by atoms with Crippen molar-refractivity contribution < 1.29 is 14.6 Å². The molecule has 4 heteroatoms. The second-order valence-corrected chi connectivity index (χ2v) is 5.51. The third kappa shape index (κ3) is 2.81. The van der Waals surface area contributed by atoms with Gasteiger partial charge in [-0.15, -0.1) is 0 Å². The lowest BCUT2D eigenvalue weighted by molar-refractivity contribution is -1.13. The number of hydroxylamine groups is 3. The normalized spacial score (nSPS) is 40.4. The molecule has 17 heavy (non-hydrogen) atoms. The van der Waals surface area contributed by atoms with Gasteiger partial charge < -0.3 is 4.74 Å². The van der Waals surface area contributed by atoms with E-state index in [1.807, 2.05) is 0 Å². The topological polar surface area (TPSA) is 55.5 Å². The highest BCUT2D eigenvalue weighted by atomic mass is 16.6. The second-order valence-electron chi connectivity index (χ2n) is 5.51. The van der Waals surface area contributed by atoms with Crippen molar-refractivity contribution >= 4 is 0 Å². The molecule has 1 aliphatic heterocycles. The van der Waals surface area contributed by atoms with Crippen LogP contribution in [0.4, 0.5) is 0 Å². The van der Waals surface area contributed by atoms with Crippen LogP contribution in [0.15, 0.2) is 0 Å². The van der Waals surface area contributed by atoms with Crippen LogP contribution in [0.25, 0.3) is 0 Å². The molecule has 2 rings (SSSR count). The van der Waals surface area contributed by atoms with E-state index >= 15 is 0 Å². The average Bonchev–Trinajstić information content (AvgIpc) is 2.34. The number of quaternary nitrogens is 1. The Kier molecular flexibility index (Phi) is 4.42. The molecule has 3 atom stereocenters. The first kappa shape index (κ1) is 13.3. The molecule has 1 unspecified atom stereocenters. The molecule has 3 N–H and O–H groups in total. The van der Waals surface area contributed by atoms with Gasteiger partial charge >= 0.3 is 0 Å². The number of hydrogen-bond acceptors (Lipinski definition) is 3. The third-order valence-electron chi connectivity index (χ3n) is 4.34. The van der Waals surface area contributed by atoms with Gasteiger partial charge in [0.15, 0.2) is 6.17 Å². The Morgan fingerprint density at radius 1 is 1.29 bits per heavy atom. The second kappa shape index (κ2) is 5.65. The molecule has 0 aromatic carbocycles. The number of ether oxygens (including phenoxy) is 1. The van der Waals surface area contributed by atoms with Crippen LogP contribution < -0.4 is 5.73 Å². The van der Waals surface area contributed by atoms with E-state index in [1.165, 1.54) is 32.1 Å². The van der Waals surface area contributed by atoms with Crippen molar-refractivity contribution in [3.63, 3.8) is 0 Å². The fourth-order valence-electron chi connectivity index (χ4n) is 3.28. The molecule has 1 heterocycles. The molecular formula is C13H26N2O2+. The van der Waals surface area contributed by atoms with Crippen LogP contribution in [0.3, 0.4) is 0 Å². The predicted molar refractivity (Wildman–Crippen MR) is 66.0 cm³/mol. The summed E-state index contributed by atoms with van der Waals surface area (Å²) in [6.45, 7) is 5.67. The zero-order valence-corrected chi connectivity index (χ0v) is 10.7. The minimum atomic E-state index is -0.298. The van der Waals surface area contributed by atoms with Crippen LogP contribution in [0.2, 0.25) is 0 Å². The van der Waals surface area contributed by atoms with E-state index in [4.69, 9.17) is 10.5 Å². The summed E-state index contributed by atoms with van der Waals surface area (Å²) in [6.07, 6.45) is 6.72. The highest BCUT2D eigenvalue weighted by Gasteiger charge is 2.46. The molecule has 2 fully saturated rings. The minimum Gasteiger partial charge on any atom is -0.364 e. The lowest BCUT2D eigenvalue weighted by Gasteiger charge is -2.45. The summed E-state index contributed by atoms with van der Waals surface area (Å²) in [4.78, 5) is 0. The van der Waals surface area contributed by atoms with Crippen molar-refractivity contribution in [2.45, 2.75) is 50.8 Å². The Morgan fingerprint density at radius 3 is 2.65 bits per heavy atom. The maximum Gasteiger partial charge on any atom is 0.197 e.